The van der Waals surface area contributed by atoms with Crippen molar-refractivity contribution in [1.29, 1.82) is 0 Å². The van der Waals surface area contributed by atoms with Crippen LogP contribution in [0.15, 0.2) is 52.3 Å². The molecule has 2 aromatic rings. The maximum absolute atomic E-state index is 10.8. The number of nitrogens with zero attached hydrogens (tertiary/aromatic N) is 1. The van der Waals surface area contributed by atoms with Crippen molar-refractivity contribution in [3.8, 4) is 0 Å². The van der Waals surface area contributed by atoms with Gasteiger partial charge in [0.2, 0.25) is 0 Å². The van der Waals surface area contributed by atoms with Gasteiger partial charge in [-0.15, -0.1) is 0 Å². The van der Waals surface area contributed by atoms with Crippen LogP contribution in [0, 0.1) is 10.1 Å². The van der Waals surface area contributed by atoms with E-state index in [1.54, 1.807) is 23.9 Å². The summed E-state index contributed by atoms with van der Waals surface area (Å²) in [6.45, 7) is 0.454. The maximum atomic E-state index is 10.8. The zero-order chi connectivity index (χ0) is 14.5. The normalized spacial score (nSPS) is 10.5. The first-order valence-electron chi connectivity index (χ1n) is 6.01. The number of halogens is 1. The third-order valence-electron chi connectivity index (χ3n) is 2.71. The maximum Gasteiger partial charge on any atom is 0.269 e. The molecule has 0 aliphatic heterocycles. The molecule has 0 aliphatic carbocycles. The molecular formula is C14H13ClN2O2S. The summed E-state index contributed by atoms with van der Waals surface area (Å²) in [7, 11) is 0. The van der Waals surface area contributed by atoms with E-state index in [0.29, 0.717) is 18.0 Å². The molecule has 2 rings (SSSR count). The first-order chi connectivity index (χ1) is 9.60. The molecule has 0 amide bonds. The second-order valence-corrected chi connectivity index (χ2v) is 5.70. The molecule has 0 saturated carbocycles. The quantitative estimate of drug-likeness (QED) is 0.672. The average Bonchev–Trinajstić information content (AvgIpc) is 2.43. The molecule has 0 bridgehead atoms. The van der Waals surface area contributed by atoms with Crippen LogP contribution in [0.1, 0.15) is 5.56 Å². The number of benzene rings is 2. The number of nitro groups is 1. The van der Waals surface area contributed by atoms with E-state index in [4.69, 9.17) is 17.3 Å². The van der Waals surface area contributed by atoms with Gasteiger partial charge in [0.05, 0.1) is 4.92 Å². The monoisotopic (exact) mass is 308 g/mol. The van der Waals surface area contributed by atoms with Crippen LogP contribution in [0.25, 0.3) is 0 Å². The molecule has 2 N–H and O–H groups in total. The molecule has 0 radical (unpaired) electrons. The van der Waals surface area contributed by atoms with E-state index in [2.05, 4.69) is 0 Å². The van der Waals surface area contributed by atoms with Crippen molar-refractivity contribution in [3.63, 3.8) is 0 Å². The third-order valence-corrected chi connectivity index (χ3v) is 4.09. The summed E-state index contributed by atoms with van der Waals surface area (Å²) in [5.74, 6) is 0. The predicted octanol–water partition coefficient (Wildman–Crippen LogP) is 3.90. The van der Waals surface area contributed by atoms with Gasteiger partial charge < -0.3 is 5.73 Å². The van der Waals surface area contributed by atoms with Crippen molar-refractivity contribution in [2.24, 2.45) is 5.73 Å². The Kier molecular flexibility index (Phi) is 5.00. The Balaban J connectivity index is 2.30. The van der Waals surface area contributed by atoms with E-state index < -0.39 is 4.92 Å². The van der Waals surface area contributed by atoms with E-state index in [1.165, 1.54) is 6.07 Å². The SMILES string of the molecule is NCCc1cc([N+](=O)[O-])ccc1Sc1ccc(Cl)cc1. The van der Waals surface area contributed by atoms with Crippen LogP contribution in [0.2, 0.25) is 5.02 Å². The van der Waals surface area contributed by atoms with Crippen LogP contribution in [0.4, 0.5) is 5.69 Å². The zero-order valence-corrected chi connectivity index (χ0v) is 12.2. The van der Waals surface area contributed by atoms with Gasteiger partial charge in [-0.05, 0) is 48.9 Å². The molecule has 20 heavy (non-hydrogen) atoms. The second-order valence-electron chi connectivity index (χ2n) is 4.14. The minimum absolute atomic E-state index is 0.0916. The summed E-state index contributed by atoms with van der Waals surface area (Å²) < 4.78 is 0. The summed E-state index contributed by atoms with van der Waals surface area (Å²) >= 11 is 7.40. The van der Waals surface area contributed by atoms with E-state index in [1.807, 2.05) is 24.3 Å². The Morgan fingerprint density at radius 2 is 1.90 bits per heavy atom. The van der Waals surface area contributed by atoms with Crippen LogP contribution in [-0.2, 0) is 6.42 Å². The molecule has 0 aliphatic rings. The van der Waals surface area contributed by atoms with Gasteiger partial charge in [0, 0.05) is 26.9 Å². The van der Waals surface area contributed by atoms with E-state index in [-0.39, 0.29) is 5.69 Å². The second kappa shape index (κ2) is 6.74. The molecule has 0 unspecified atom stereocenters. The lowest BCUT2D eigenvalue weighted by molar-refractivity contribution is -0.385. The molecule has 6 heteroatoms. The molecule has 2 aromatic carbocycles. The van der Waals surface area contributed by atoms with Gasteiger partial charge in [-0.2, -0.15) is 0 Å². The fourth-order valence-corrected chi connectivity index (χ4v) is 2.84. The number of nitrogens with two attached hydrogens (primary N) is 1. The van der Waals surface area contributed by atoms with E-state index >= 15 is 0 Å². The molecule has 0 heterocycles. The third kappa shape index (κ3) is 3.72. The molecule has 0 aromatic heterocycles. The van der Waals surface area contributed by atoms with Gasteiger partial charge in [0.15, 0.2) is 0 Å². The minimum atomic E-state index is -0.392. The summed E-state index contributed by atoms with van der Waals surface area (Å²) in [5, 5.41) is 11.5. The van der Waals surface area contributed by atoms with Crippen LogP contribution >= 0.6 is 23.4 Å². The van der Waals surface area contributed by atoms with Crippen LogP contribution in [-0.4, -0.2) is 11.5 Å². The molecule has 0 saturated heterocycles. The Morgan fingerprint density at radius 1 is 1.20 bits per heavy atom. The summed E-state index contributed by atoms with van der Waals surface area (Å²) in [6, 6.07) is 12.3. The van der Waals surface area contributed by atoms with Crippen LogP contribution < -0.4 is 5.73 Å². The van der Waals surface area contributed by atoms with Gasteiger partial charge in [-0.25, -0.2) is 0 Å². The lowest BCUT2D eigenvalue weighted by Gasteiger charge is -2.08. The first kappa shape index (κ1) is 14.8. The van der Waals surface area contributed by atoms with Gasteiger partial charge >= 0.3 is 0 Å². The fraction of sp³-hybridized carbons (Fsp3) is 0.143. The lowest BCUT2D eigenvalue weighted by Crippen LogP contribution is -2.04. The Bertz CT molecular complexity index is 617. The number of nitro benzene ring substituents is 1. The number of hydrogen-bond acceptors (Lipinski definition) is 4. The highest BCUT2D eigenvalue weighted by Gasteiger charge is 2.11. The summed E-state index contributed by atoms with van der Waals surface area (Å²) in [6.07, 6.45) is 0.609. The molecule has 0 atom stereocenters. The highest BCUT2D eigenvalue weighted by molar-refractivity contribution is 7.99. The van der Waals surface area contributed by atoms with Crippen molar-refractivity contribution in [1.82, 2.24) is 0 Å². The van der Waals surface area contributed by atoms with Crippen LogP contribution in [0.5, 0.6) is 0 Å². The summed E-state index contributed by atoms with van der Waals surface area (Å²) in [4.78, 5) is 12.4. The van der Waals surface area contributed by atoms with Gasteiger partial charge in [0.25, 0.3) is 5.69 Å². The molecule has 0 spiro atoms. The highest BCUT2D eigenvalue weighted by Crippen LogP contribution is 2.33. The van der Waals surface area contributed by atoms with Crippen molar-refractivity contribution in [3.05, 3.63) is 63.2 Å². The van der Waals surface area contributed by atoms with Crippen molar-refractivity contribution < 1.29 is 4.92 Å². The molecule has 0 fully saturated rings. The smallest absolute Gasteiger partial charge is 0.269 e. The van der Waals surface area contributed by atoms with Gasteiger partial charge in [-0.3, -0.25) is 10.1 Å². The highest BCUT2D eigenvalue weighted by atomic mass is 35.5. The molecular weight excluding hydrogens is 296 g/mol. The average molecular weight is 309 g/mol. The van der Waals surface area contributed by atoms with Gasteiger partial charge in [0.1, 0.15) is 0 Å². The molecule has 104 valence electrons. The Labute approximate surface area is 126 Å². The standard InChI is InChI=1S/C14H13ClN2O2S/c15-11-1-4-13(5-2-11)20-14-6-3-12(17(18)19)9-10(14)7-8-16/h1-6,9H,7-8,16H2. The number of non-ortho nitro benzene ring substituents is 1. The summed E-state index contributed by atoms with van der Waals surface area (Å²) in [5.41, 5.74) is 6.55. The fourth-order valence-electron chi connectivity index (χ4n) is 1.76. The van der Waals surface area contributed by atoms with Crippen molar-refractivity contribution in [2.75, 3.05) is 6.54 Å². The largest absolute Gasteiger partial charge is 0.330 e. The molecule has 4 nitrogen and oxygen atoms in total. The van der Waals surface area contributed by atoms with Crippen LogP contribution in [0.3, 0.4) is 0 Å². The van der Waals surface area contributed by atoms with Crippen molar-refractivity contribution >= 4 is 29.1 Å². The first-order valence-corrected chi connectivity index (χ1v) is 7.20. The van der Waals surface area contributed by atoms with Gasteiger partial charge in [-0.1, -0.05) is 23.4 Å². The number of rotatable bonds is 5. The topological polar surface area (TPSA) is 69.2 Å². The minimum Gasteiger partial charge on any atom is -0.330 e. The zero-order valence-electron chi connectivity index (χ0n) is 10.6. The number of hydrogen-bond donors (Lipinski definition) is 1. The van der Waals surface area contributed by atoms with E-state index in [0.717, 1.165) is 15.4 Å². The van der Waals surface area contributed by atoms with E-state index in [9.17, 15) is 10.1 Å². The Morgan fingerprint density at radius 3 is 2.50 bits per heavy atom. The Hall–Kier alpha value is -1.56. The lowest BCUT2D eigenvalue weighted by atomic mass is 10.1. The predicted molar refractivity (Wildman–Crippen MR) is 81.4 cm³/mol. The van der Waals surface area contributed by atoms with Crippen molar-refractivity contribution in [2.45, 2.75) is 16.2 Å².